The van der Waals surface area contributed by atoms with Gasteiger partial charge in [-0.1, -0.05) is 34.6 Å². The minimum atomic E-state index is -0.942. The molecule has 0 aromatic carbocycles. The number of nitrogens with zero attached hydrogens (tertiary/aromatic N) is 2. The van der Waals surface area contributed by atoms with E-state index in [4.69, 9.17) is 10.4 Å². The van der Waals surface area contributed by atoms with Gasteiger partial charge >= 0.3 is 12.0 Å². The summed E-state index contributed by atoms with van der Waals surface area (Å²) in [6.45, 7) is 10.5. The molecule has 0 spiro atoms. The number of carbonyl (C=O) groups is 2. The van der Waals surface area contributed by atoms with E-state index in [1.165, 1.54) is 0 Å². The highest BCUT2D eigenvalue weighted by molar-refractivity contribution is 5.76. The zero-order valence-electron chi connectivity index (χ0n) is 13.6. The molecule has 6 heteroatoms. The van der Waals surface area contributed by atoms with Crippen LogP contribution in [0, 0.1) is 22.7 Å². The normalized spacial score (nSPS) is 12.6. The lowest BCUT2D eigenvalue weighted by Crippen LogP contribution is -2.51. The molecule has 1 atom stereocenters. The van der Waals surface area contributed by atoms with E-state index in [1.54, 1.807) is 4.90 Å². The SMILES string of the molecule is CC(C)CN(CCC#N)C(=O)NC(CC(=O)O)C(C)(C)C. The van der Waals surface area contributed by atoms with E-state index in [1.807, 2.05) is 40.7 Å². The van der Waals surface area contributed by atoms with E-state index in [0.717, 1.165) is 0 Å². The molecular weight excluding hydrogens is 270 g/mol. The van der Waals surface area contributed by atoms with Gasteiger partial charge in [0.2, 0.25) is 0 Å². The maximum absolute atomic E-state index is 12.3. The van der Waals surface area contributed by atoms with Gasteiger partial charge in [0.1, 0.15) is 0 Å². The van der Waals surface area contributed by atoms with Gasteiger partial charge in [-0.15, -0.1) is 0 Å². The number of nitriles is 1. The maximum atomic E-state index is 12.3. The van der Waals surface area contributed by atoms with E-state index in [-0.39, 0.29) is 30.2 Å². The Kier molecular flexibility index (Phi) is 7.79. The van der Waals surface area contributed by atoms with Crippen LogP contribution >= 0.6 is 0 Å². The lowest BCUT2D eigenvalue weighted by Gasteiger charge is -2.33. The van der Waals surface area contributed by atoms with Gasteiger partial charge in [0.05, 0.1) is 18.9 Å². The quantitative estimate of drug-likeness (QED) is 0.754. The third-order valence-corrected chi connectivity index (χ3v) is 3.09. The number of nitrogens with one attached hydrogen (secondary N) is 1. The first-order valence-electron chi connectivity index (χ1n) is 7.22. The van der Waals surface area contributed by atoms with Crippen LogP contribution in [0.1, 0.15) is 47.5 Å². The highest BCUT2D eigenvalue weighted by Crippen LogP contribution is 2.22. The number of hydrogen-bond acceptors (Lipinski definition) is 3. The Hall–Kier alpha value is -1.77. The Labute approximate surface area is 127 Å². The van der Waals surface area contributed by atoms with Crippen molar-refractivity contribution >= 4 is 12.0 Å². The molecule has 0 fully saturated rings. The zero-order chi connectivity index (χ0) is 16.6. The lowest BCUT2D eigenvalue weighted by molar-refractivity contribution is -0.138. The molecule has 0 rings (SSSR count). The summed E-state index contributed by atoms with van der Waals surface area (Å²) in [7, 11) is 0. The second-order valence-electron chi connectivity index (χ2n) is 6.71. The van der Waals surface area contributed by atoms with E-state index in [2.05, 4.69) is 5.32 Å². The fourth-order valence-corrected chi connectivity index (χ4v) is 1.89. The first-order chi connectivity index (χ1) is 9.57. The monoisotopic (exact) mass is 297 g/mol. The minimum absolute atomic E-state index is 0.122. The van der Waals surface area contributed by atoms with Gasteiger partial charge in [-0.3, -0.25) is 4.79 Å². The van der Waals surface area contributed by atoms with Gasteiger partial charge in [0.15, 0.2) is 0 Å². The first-order valence-corrected chi connectivity index (χ1v) is 7.22. The molecule has 120 valence electrons. The molecule has 0 aliphatic carbocycles. The van der Waals surface area contributed by atoms with Crippen molar-refractivity contribution in [2.45, 2.75) is 53.5 Å². The van der Waals surface area contributed by atoms with Crippen molar-refractivity contribution in [3.63, 3.8) is 0 Å². The average Bonchev–Trinajstić information content (AvgIpc) is 2.31. The summed E-state index contributed by atoms with van der Waals surface area (Å²) in [5.41, 5.74) is -0.354. The number of carbonyl (C=O) groups excluding carboxylic acids is 1. The van der Waals surface area contributed by atoms with Crippen molar-refractivity contribution in [2.24, 2.45) is 11.3 Å². The third kappa shape index (κ3) is 8.18. The number of hydrogen-bond donors (Lipinski definition) is 2. The second-order valence-corrected chi connectivity index (χ2v) is 6.71. The number of rotatable bonds is 7. The van der Waals surface area contributed by atoms with Gasteiger partial charge in [-0.25, -0.2) is 4.79 Å². The van der Waals surface area contributed by atoms with Crippen LogP contribution in [0.15, 0.2) is 0 Å². The fourth-order valence-electron chi connectivity index (χ4n) is 1.89. The van der Waals surface area contributed by atoms with E-state index >= 15 is 0 Å². The molecule has 21 heavy (non-hydrogen) atoms. The van der Waals surface area contributed by atoms with Gasteiger partial charge in [0, 0.05) is 19.1 Å². The molecule has 0 bridgehead atoms. The largest absolute Gasteiger partial charge is 0.481 e. The molecule has 6 nitrogen and oxygen atoms in total. The summed E-state index contributed by atoms with van der Waals surface area (Å²) in [4.78, 5) is 24.9. The van der Waals surface area contributed by atoms with Gasteiger partial charge < -0.3 is 15.3 Å². The Morgan fingerprint density at radius 2 is 1.90 bits per heavy atom. The van der Waals surface area contributed by atoms with Crippen molar-refractivity contribution in [3.05, 3.63) is 0 Å². The number of aliphatic carboxylic acids is 1. The molecule has 0 saturated carbocycles. The number of carboxylic acid groups (broad SMARTS) is 1. The summed E-state index contributed by atoms with van der Waals surface area (Å²) in [6, 6.07) is 1.26. The number of amides is 2. The van der Waals surface area contributed by atoms with Crippen molar-refractivity contribution in [1.82, 2.24) is 10.2 Å². The number of urea groups is 1. The molecule has 2 N–H and O–H groups in total. The minimum Gasteiger partial charge on any atom is -0.481 e. The van der Waals surface area contributed by atoms with Crippen LogP contribution < -0.4 is 5.32 Å². The molecule has 2 amide bonds. The van der Waals surface area contributed by atoms with Crippen molar-refractivity contribution in [3.8, 4) is 6.07 Å². The highest BCUT2D eigenvalue weighted by Gasteiger charge is 2.30. The van der Waals surface area contributed by atoms with Crippen LogP contribution in [0.5, 0.6) is 0 Å². The van der Waals surface area contributed by atoms with E-state index in [9.17, 15) is 9.59 Å². The van der Waals surface area contributed by atoms with Crippen LogP contribution in [0.4, 0.5) is 4.79 Å². The second kappa shape index (κ2) is 8.50. The maximum Gasteiger partial charge on any atom is 0.317 e. The van der Waals surface area contributed by atoms with E-state index < -0.39 is 12.0 Å². The summed E-state index contributed by atoms with van der Waals surface area (Å²) in [5.74, 6) is -0.662. The Bertz CT molecular complexity index is 394. The van der Waals surface area contributed by atoms with Crippen LogP contribution in [-0.2, 0) is 4.79 Å². The molecule has 0 saturated heterocycles. The topological polar surface area (TPSA) is 93.4 Å². The Balaban J connectivity index is 4.89. The lowest BCUT2D eigenvalue weighted by atomic mass is 9.85. The Morgan fingerprint density at radius 1 is 1.33 bits per heavy atom. The Morgan fingerprint density at radius 3 is 2.29 bits per heavy atom. The van der Waals surface area contributed by atoms with Crippen LogP contribution in [0.25, 0.3) is 0 Å². The van der Waals surface area contributed by atoms with Gasteiger partial charge in [0.25, 0.3) is 0 Å². The van der Waals surface area contributed by atoms with Gasteiger partial charge in [-0.05, 0) is 11.3 Å². The molecule has 0 aromatic heterocycles. The predicted molar refractivity (Wildman–Crippen MR) is 80.7 cm³/mol. The third-order valence-electron chi connectivity index (χ3n) is 3.09. The fraction of sp³-hybridized carbons (Fsp3) is 0.800. The van der Waals surface area contributed by atoms with Crippen LogP contribution in [0.3, 0.4) is 0 Å². The zero-order valence-corrected chi connectivity index (χ0v) is 13.6. The van der Waals surface area contributed by atoms with Crippen LogP contribution in [-0.4, -0.2) is 41.1 Å². The molecule has 0 aliphatic rings. The molecule has 0 heterocycles. The standard InChI is InChI=1S/C15H27N3O3/c1-11(2)10-18(8-6-7-16)14(21)17-12(9-13(19)20)15(3,4)5/h11-12H,6,8-10H2,1-5H3,(H,17,21)(H,19,20). The first kappa shape index (κ1) is 19.2. The molecule has 1 unspecified atom stereocenters. The van der Waals surface area contributed by atoms with Gasteiger partial charge in [-0.2, -0.15) is 5.26 Å². The number of carboxylic acids is 1. The van der Waals surface area contributed by atoms with Crippen molar-refractivity contribution in [2.75, 3.05) is 13.1 Å². The summed E-state index contributed by atoms with van der Waals surface area (Å²) in [5, 5.41) is 20.5. The average molecular weight is 297 g/mol. The summed E-state index contributed by atoms with van der Waals surface area (Å²) >= 11 is 0. The smallest absolute Gasteiger partial charge is 0.317 e. The molecular formula is C15H27N3O3. The summed E-state index contributed by atoms with van der Waals surface area (Å²) < 4.78 is 0. The van der Waals surface area contributed by atoms with Crippen molar-refractivity contribution in [1.29, 1.82) is 5.26 Å². The molecule has 0 aliphatic heterocycles. The van der Waals surface area contributed by atoms with Crippen LogP contribution in [0.2, 0.25) is 0 Å². The molecule has 0 radical (unpaired) electrons. The van der Waals surface area contributed by atoms with Crippen molar-refractivity contribution < 1.29 is 14.7 Å². The summed E-state index contributed by atoms with van der Waals surface area (Å²) in [6.07, 6.45) is 0.141. The predicted octanol–water partition coefficient (Wildman–Crippen LogP) is 2.46. The molecule has 0 aromatic rings. The highest BCUT2D eigenvalue weighted by atomic mass is 16.4. The van der Waals surface area contributed by atoms with E-state index in [0.29, 0.717) is 13.1 Å².